The molecule has 1 amide bonds. The third kappa shape index (κ3) is 3.91. The Kier molecular flexibility index (Phi) is 5.09. The van der Waals surface area contributed by atoms with Crippen LogP contribution in [0.2, 0.25) is 0 Å². The van der Waals surface area contributed by atoms with E-state index in [0.29, 0.717) is 11.3 Å². The van der Waals surface area contributed by atoms with Crippen LogP contribution < -0.4 is 10.2 Å². The molecule has 0 aliphatic carbocycles. The van der Waals surface area contributed by atoms with Crippen molar-refractivity contribution >= 4 is 34.1 Å². The highest BCUT2D eigenvalue weighted by Crippen LogP contribution is 2.29. The average molecular weight is 357 g/mol. The van der Waals surface area contributed by atoms with Gasteiger partial charge in [0.15, 0.2) is 0 Å². The maximum absolute atomic E-state index is 12.5. The van der Waals surface area contributed by atoms with Crippen LogP contribution in [0.3, 0.4) is 0 Å². The van der Waals surface area contributed by atoms with Crippen LogP contribution in [0.1, 0.15) is 5.56 Å². The highest BCUT2D eigenvalue weighted by molar-refractivity contribution is 6.11. The minimum atomic E-state index is -0.526. The van der Waals surface area contributed by atoms with Crippen molar-refractivity contribution in [2.75, 3.05) is 24.3 Å². The molecule has 0 aliphatic rings. The summed E-state index contributed by atoms with van der Waals surface area (Å²) in [7, 11) is 3.86. The normalized spacial score (nSPS) is 11.1. The molecule has 5 nitrogen and oxygen atoms in total. The number of aromatic hydroxyl groups is 1. The number of carbonyl (C=O) groups excluding carboxylic acids is 1. The molecule has 3 aromatic rings. The van der Waals surface area contributed by atoms with Gasteiger partial charge in [0, 0.05) is 31.0 Å². The highest BCUT2D eigenvalue weighted by atomic mass is 16.3. The molecule has 2 N–H and O–H groups in total. The number of nitrogens with one attached hydrogen (secondary N) is 1. The Morgan fingerprint density at radius 1 is 1.07 bits per heavy atom. The van der Waals surface area contributed by atoms with E-state index in [0.717, 1.165) is 16.5 Å². The molecule has 27 heavy (non-hydrogen) atoms. The molecular weight excluding hydrogens is 338 g/mol. The molecule has 0 heterocycles. The van der Waals surface area contributed by atoms with Crippen LogP contribution >= 0.6 is 0 Å². The second-order valence-electron chi connectivity index (χ2n) is 6.28. The van der Waals surface area contributed by atoms with Gasteiger partial charge < -0.3 is 15.3 Å². The molecule has 0 fully saturated rings. The second-order valence-corrected chi connectivity index (χ2v) is 6.28. The van der Waals surface area contributed by atoms with Crippen molar-refractivity contribution < 1.29 is 9.90 Å². The first kappa shape index (κ1) is 18.0. The monoisotopic (exact) mass is 357 g/mol. The molecule has 0 unspecified atom stereocenters. The molecule has 0 saturated carbocycles. The van der Waals surface area contributed by atoms with Crippen molar-refractivity contribution in [3.8, 4) is 11.8 Å². The first-order valence-electron chi connectivity index (χ1n) is 8.41. The second kappa shape index (κ2) is 7.63. The molecule has 0 aliphatic heterocycles. The lowest BCUT2D eigenvalue weighted by Gasteiger charge is -2.13. The van der Waals surface area contributed by atoms with Gasteiger partial charge in [-0.1, -0.05) is 30.3 Å². The number of carbonyl (C=O) groups is 1. The van der Waals surface area contributed by atoms with Crippen molar-refractivity contribution in [3.63, 3.8) is 0 Å². The number of fused-ring (bicyclic) bond motifs is 1. The summed E-state index contributed by atoms with van der Waals surface area (Å²) < 4.78 is 0. The smallest absolute Gasteiger partial charge is 0.266 e. The number of amides is 1. The van der Waals surface area contributed by atoms with Crippen LogP contribution in [0.5, 0.6) is 5.75 Å². The molecule has 134 valence electrons. The summed E-state index contributed by atoms with van der Waals surface area (Å²) in [6.07, 6.45) is 1.42. The molecule has 0 saturated heterocycles. The van der Waals surface area contributed by atoms with Crippen LogP contribution in [-0.2, 0) is 4.79 Å². The summed E-state index contributed by atoms with van der Waals surface area (Å²) >= 11 is 0. The molecule has 0 radical (unpaired) electrons. The minimum absolute atomic E-state index is 0.0181. The van der Waals surface area contributed by atoms with Crippen LogP contribution in [0.15, 0.2) is 66.2 Å². The van der Waals surface area contributed by atoms with E-state index in [4.69, 9.17) is 0 Å². The van der Waals surface area contributed by atoms with Crippen molar-refractivity contribution in [1.29, 1.82) is 5.26 Å². The molecule has 0 aromatic heterocycles. The quantitative estimate of drug-likeness (QED) is 0.543. The lowest BCUT2D eigenvalue weighted by molar-refractivity contribution is -0.112. The largest absolute Gasteiger partial charge is 0.507 e. The molecule has 0 bridgehead atoms. The van der Waals surface area contributed by atoms with Crippen LogP contribution in [0.4, 0.5) is 11.4 Å². The first-order valence-corrected chi connectivity index (χ1v) is 8.41. The van der Waals surface area contributed by atoms with Crippen LogP contribution in [-0.4, -0.2) is 25.1 Å². The van der Waals surface area contributed by atoms with Gasteiger partial charge >= 0.3 is 0 Å². The number of nitrogens with zero attached hydrogens (tertiary/aromatic N) is 2. The van der Waals surface area contributed by atoms with Gasteiger partial charge in [0.1, 0.15) is 17.4 Å². The third-order valence-electron chi connectivity index (χ3n) is 4.24. The zero-order valence-corrected chi connectivity index (χ0v) is 15.1. The van der Waals surface area contributed by atoms with Gasteiger partial charge in [0.25, 0.3) is 5.91 Å². The predicted octanol–water partition coefficient (Wildman–Crippen LogP) is 4.16. The van der Waals surface area contributed by atoms with Gasteiger partial charge in [0.05, 0.1) is 0 Å². The summed E-state index contributed by atoms with van der Waals surface area (Å²) in [6.45, 7) is 0. The number of benzene rings is 3. The van der Waals surface area contributed by atoms with Crippen molar-refractivity contribution in [1.82, 2.24) is 0 Å². The van der Waals surface area contributed by atoms with E-state index < -0.39 is 5.91 Å². The van der Waals surface area contributed by atoms with Gasteiger partial charge in [-0.05, 0) is 47.2 Å². The highest BCUT2D eigenvalue weighted by Gasteiger charge is 2.13. The van der Waals surface area contributed by atoms with Gasteiger partial charge in [-0.2, -0.15) is 5.26 Å². The summed E-state index contributed by atoms with van der Waals surface area (Å²) in [5, 5.41) is 24.1. The van der Waals surface area contributed by atoms with E-state index in [-0.39, 0.29) is 11.3 Å². The third-order valence-corrected chi connectivity index (χ3v) is 4.24. The fourth-order valence-electron chi connectivity index (χ4n) is 2.77. The maximum Gasteiger partial charge on any atom is 0.266 e. The SMILES string of the molecule is CN(C)c1ccc(NC(=O)/C(C#N)=C\c2c(O)ccc3ccccc23)cc1. The van der Waals surface area contributed by atoms with Gasteiger partial charge in [0.2, 0.25) is 0 Å². The molecule has 5 heteroatoms. The summed E-state index contributed by atoms with van der Waals surface area (Å²) in [4.78, 5) is 14.5. The van der Waals surface area contributed by atoms with Crippen molar-refractivity contribution in [2.24, 2.45) is 0 Å². The molecular formula is C22H19N3O2. The predicted molar refractivity (Wildman–Crippen MR) is 109 cm³/mol. The summed E-state index contributed by atoms with van der Waals surface area (Å²) in [5.74, 6) is -0.507. The van der Waals surface area contributed by atoms with Gasteiger partial charge in [-0.3, -0.25) is 4.79 Å². The lowest BCUT2D eigenvalue weighted by atomic mass is 10.0. The fourth-order valence-corrected chi connectivity index (χ4v) is 2.77. The number of nitriles is 1. The van der Waals surface area contributed by atoms with Crippen molar-refractivity contribution in [3.05, 3.63) is 71.8 Å². The van der Waals surface area contributed by atoms with E-state index in [1.54, 1.807) is 24.3 Å². The summed E-state index contributed by atoms with van der Waals surface area (Å²) in [6, 6.07) is 20.1. The standard InChI is InChI=1S/C22H19N3O2/c1-25(2)18-10-8-17(9-11-18)24-22(27)16(14-23)13-20-19-6-4-3-5-15(19)7-12-21(20)26/h3-13,26H,1-2H3,(H,24,27)/b16-13-. The van der Waals surface area contributed by atoms with E-state index in [1.165, 1.54) is 6.08 Å². The Balaban J connectivity index is 1.92. The van der Waals surface area contributed by atoms with E-state index in [2.05, 4.69) is 5.32 Å². The number of rotatable bonds is 4. The Hall–Kier alpha value is -3.78. The van der Waals surface area contributed by atoms with Crippen molar-refractivity contribution in [2.45, 2.75) is 0 Å². The molecule has 3 aromatic carbocycles. The lowest BCUT2D eigenvalue weighted by Crippen LogP contribution is -2.14. The Labute approximate surface area is 157 Å². The van der Waals surface area contributed by atoms with Gasteiger partial charge in [-0.25, -0.2) is 0 Å². The first-order chi connectivity index (χ1) is 13.0. The number of anilines is 2. The summed E-state index contributed by atoms with van der Waals surface area (Å²) in [5.41, 5.74) is 1.96. The maximum atomic E-state index is 12.5. The zero-order chi connectivity index (χ0) is 19.4. The van der Waals surface area contributed by atoms with Gasteiger partial charge in [-0.15, -0.1) is 0 Å². The average Bonchev–Trinajstić information content (AvgIpc) is 2.67. The molecule has 0 spiro atoms. The minimum Gasteiger partial charge on any atom is -0.507 e. The number of hydrogen-bond donors (Lipinski definition) is 2. The Bertz CT molecular complexity index is 1060. The number of hydrogen-bond acceptors (Lipinski definition) is 4. The Morgan fingerprint density at radius 2 is 1.78 bits per heavy atom. The van der Waals surface area contributed by atoms with E-state index in [1.807, 2.05) is 61.5 Å². The Morgan fingerprint density at radius 3 is 2.44 bits per heavy atom. The van der Waals surface area contributed by atoms with E-state index >= 15 is 0 Å². The van der Waals surface area contributed by atoms with E-state index in [9.17, 15) is 15.2 Å². The number of phenolic OH excluding ortho intramolecular Hbond substituents is 1. The zero-order valence-electron chi connectivity index (χ0n) is 15.1. The number of phenols is 1. The van der Waals surface area contributed by atoms with Crippen LogP contribution in [0, 0.1) is 11.3 Å². The molecule has 3 rings (SSSR count). The fraction of sp³-hybridized carbons (Fsp3) is 0.0909. The topological polar surface area (TPSA) is 76.4 Å². The van der Waals surface area contributed by atoms with Crippen LogP contribution in [0.25, 0.3) is 16.8 Å². The molecule has 0 atom stereocenters.